The first-order valence-electron chi connectivity index (χ1n) is 7.75. The summed E-state index contributed by atoms with van der Waals surface area (Å²) in [5.41, 5.74) is 2.77. The van der Waals surface area contributed by atoms with Gasteiger partial charge < -0.3 is 4.90 Å². The normalized spacial score (nSPS) is 24.3. The number of hydrogen-bond donors (Lipinski definition) is 0. The van der Waals surface area contributed by atoms with Crippen LogP contribution in [0.1, 0.15) is 49.8 Å². The Hall–Kier alpha value is -1.09. The molecule has 2 aliphatic rings. The number of likely N-dealkylation sites (tertiary alicyclic amines) is 1. The second-order valence-corrected chi connectivity index (χ2v) is 5.89. The minimum atomic E-state index is 0.601. The Balaban J connectivity index is 1.82. The average Bonchev–Trinajstić information content (AvgIpc) is 3.09. The lowest BCUT2D eigenvalue weighted by Crippen LogP contribution is -2.24. The van der Waals surface area contributed by atoms with E-state index in [2.05, 4.69) is 35.9 Å². The maximum Gasteiger partial charge on any atom is 0.131 e. The molecule has 1 aromatic rings. The fraction of sp³-hybridized carbons (Fsp3) is 0.688. The molecule has 0 radical (unpaired) electrons. The summed E-state index contributed by atoms with van der Waals surface area (Å²) in [4.78, 5) is 9.78. The Morgan fingerprint density at radius 3 is 2.68 bits per heavy atom. The van der Waals surface area contributed by atoms with Crippen molar-refractivity contribution < 1.29 is 0 Å². The Bertz CT molecular complexity index is 438. The average molecular weight is 259 g/mol. The molecule has 0 bridgehead atoms. The predicted molar refractivity (Wildman–Crippen MR) is 79.6 cm³/mol. The number of hydrogen-bond acceptors (Lipinski definition) is 3. The summed E-state index contributed by atoms with van der Waals surface area (Å²) >= 11 is 0. The zero-order valence-corrected chi connectivity index (χ0v) is 12.2. The summed E-state index contributed by atoms with van der Waals surface area (Å²) in [6.45, 7) is 9.23. The fourth-order valence-corrected chi connectivity index (χ4v) is 3.61. The number of anilines is 1. The SMILES string of the molecule is CCN1CCC[C@H]1c1cnc(N2CCCC2)c(C)c1. The highest BCUT2D eigenvalue weighted by molar-refractivity contribution is 5.48. The molecule has 0 amide bonds. The quantitative estimate of drug-likeness (QED) is 0.831. The largest absolute Gasteiger partial charge is 0.356 e. The first kappa shape index (κ1) is 12.9. The van der Waals surface area contributed by atoms with Crippen molar-refractivity contribution in [2.45, 2.75) is 45.6 Å². The Labute approximate surface area is 116 Å². The van der Waals surface area contributed by atoms with E-state index in [1.807, 2.05) is 0 Å². The molecule has 1 aromatic heterocycles. The van der Waals surface area contributed by atoms with Gasteiger partial charge in [0.05, 0.1) is 0 Å². The van der Waals surface area contributed by atoms with Gasteiger partial charge in [-0.3, -0.25) is 4.90 Å². The molecule has 3 nitrogen and oxygen atoms in total. The zero-order chi connectivity index (χ0) is 13.2. The second kappa shape index (κ2) is 5.49. The molecule has 0 saturated carbocycles. The van der Waals surface area contributed by atoms with Crippen molar-refractivity contribution in [2.75, 3.05) is 31.1 Å². The van der Waals surface area contributed by atoms with Gasteiger partial charge in [-0.15, -0.1) is 0 Å². The van der Waals surface area contributed by atoms with Gasteiger partial charge in [0.1, 0.15) is 5.82 Å². The number of rotatable bonds is 3. The van der Waals surface area contributed by atoms with E-state index in [4.69, 9.17) is 4.98 Å². The van der Waals surface area contributed by atoms with Gasteiger partial charge in [-0.05, 0) is 62.9 Å². The van der Waals surface area contributed by atoms with Gasteiger partial charge in [0.2, 0.25) is 0 Å². The van der Waals surface area contributed by atoms with E-state index in [1.165, 1.54) is 62.3 Å². The third kappa shape index (κ3) is 2.48. The van der Waals surface area contributed by atoms with Crippen LogP contribution in [-0.4, -0.2) is 36.1 Å². The Kier molecular flexibility index (Phi) is 3.74. The van der Waals surface area contributed by atoms with Gasteiger partial charge in [-0.25, -0.2) is 4.98 Å². The molecule has 0 aliphatic carbocycles. The molecule has 0 spiro atoms. The number of pyridine rings is 1. The van der Waals surface area contributed by atoms with Gasteiger partial charge in [0, 0.05) is 25.3 Å². The maximum atomic E-state index is 4.77. The summed E-state index contributed by atoms with van der Waals surface area (Å²) in [7, 11) is 0. The molecule has 2 saturated heterocycles. The fourth-order valence-electron chi connectivity index (χ4n) is 3.61. The van der Waals surface area contributed by atoms with Crippen LogP contribution in [0.5, 0.6) is 0 Å². The molecule has 3 heterocycles. The highest BCUT2D eigenvalue weighted by Crippen LogP contribution is 2.33. The molecule has 3 heteroatoms. The van der Waals surface area contributed by atoms with Crippen molar-refractivity contribution >= 4 is 5.82 Å². The standard InChI is InChI=1S/C16H25N3/c1-3-18-10-6-7-15(18)14-11-13(2)16(17-12-14)19-8-4-5-9-19/h11-12,15H,3-10H2,1-2H3/t15-/m0/s1. The lowest BCUT2D eigenvalue weighted by molar-refractivity contribution is 0.271. The van der Waals surface area contributed by atoms with Crippen LogP contribution in [0, 0.1) is 6.92 Å². The monoisotopic (exact) mass is 259 g/mol. The summed E-state index contributed by atoms with van der Waals surface area (Å²) in [5.74, 6) is 1.21. The molecule has 2 fully saturated rings. The molecule has 2 aliphatic heterocycles. The van der Waals surface area contributed by atoms with Crippen molar-refractivity contribution in [3.8, 4) is 0 Å². The molecule has 104 valence electrons. The molecule has 19 heavy (non-hydrogen) atoms. The number of aromatic nitrogens is 1. The van der Waals surface area contributed by atoms with Crippen molar-refractivity contribution in [2.24, 2.45) is 0 Å². The molecular weight excluding hydrogens is 234 g/mol. The Morgan fingerprint density at radius 2 is 2.00 bits per heavy atom. The smallest absolute Gasteiger partial charge is 0.131 e. The molecule has 0 N–H and O–H groups in total. The van der Waals surface area contributed by atoms with E-state index < -0.39 is 0 Å². The highest BCUT2D eigenvalue weighted by atomic mass is 15.2. The van der Waals surface area contributed by atoms with Gasteiger partial charge in [-0.2, -0.15) is 0 Å². The third-order valence-corrected chi connectivity index (χ3v) is 4.63. The predicted octanol–water partition coefficient (Wildman–Crippen LogP) is 3.15. The van der Waals surface area contributed by atoms with Gasteiger partial charge in [-0.1, -0.05) is 6.92 Å². The van der Waals surface area contributed by atoms with E-state index >= 15 is 0 Å². The first-order valence-corrected chi connectivity index (χ1v) is 7.75. The van der Waals surface area contributed by atoms with Crippen LogP contribution in [0.2, 0.25) is 0 Å². The van der Waals surface area contributed by atoms with Gasteiger partial charge in [0.25, 0.3) is 0 Å². The van der Waals surface area contributed by atoms with E-state index in [9.17, 15) is 0 Å². The summed E-state index contributed by atoms with van der Waals surface area (Å²) in [6, 6.07) is 2.98. The molecular formula is C16H25N3. The van der Waals surface area contributed by atoms with Crippen molar-refractivity contribution in [3.63, 3.8) is 0 Å². The first-order chi connectivity index (χ1) is 9.29. The van der Waals surface area contributed by atoms with E-state index in [0.29, 0.717) is 6.04 Å². The number of aryl methyl sites for hydroxylation is 1. The minimum absolute atomic E-state index is 0.601. The lowest BCUT2D eigenvalue weighted by Gasteiger charge is -2.25. The molecule has 0 unspecified atom stereocenters. The van der Waals surface area contributed by atoms with E-state index in [1.54, 1.807) is 0 Å². The number of nitrogens with zero attached hydrogens (tertiary/aromatic N) is 3. The lowest BCUT2D eigenvalue weighted by atomic mass is 10.0. The van der Waals surface area contributed by atoms with Crippen LogP contribution < -0.4 is 4.90 Å². The van der Waals surface area contributed by atoms with Crippen LogP contribution >= 0.6 is 0 Å². The van der Waals surface area contributed by atoms with Crippen LogP contribution in [0.4, 0.5) is 5.82 Å². The topological polar surface area (TPSA) is 19.4 Å². The second-order valence-electron chi connectivity index (χ2n) is 5.89. The van der Waals surface area contributed by atoms with Gasteiger partial charge in [0.15, 0.2) is 0 Å². The van der Waals surface area contributed by atoms with Crippen LogP contribution in [0.3, 0.4) is 0 Å². The molecule has 3 rings (SSSR count). The zero-order valence-electron chi connectivity index (χ0n) is 12.2. The molecule has 0 aromatic carbocycles. The third-order valence-electron chi connectivity index (χ3n) is 4.63. The maximum absolute atomic E-state index is 4.77. The minimum Gasteiger partial charge on any atom is -0.356 e. The Morgan fingerprint density at radius 1 is 1.21 bits per heavy atom. The van der Waals surface area contributed by atoms with Crippen LogP contribution in [0.15, 0.2) is 12.3 Å². The van der Waals surface area contributed by atoms with Crippen molar-refractivity contribution in [1.82, 2.24) is 9.88 Å². The van der Waals surface area contributed by atoms with Gasteiger partial charge >= 0.3 is 0 Å². The molecule has 1 atom stereocenters. The summed E-state index contributed by atoms with van der Waals surface area (Å²) < 4.78 is 0. The summed E-state index contributed by atoms with van der Waals surface area (Å²) in [6.07, 6.45) is 7.37. The van der Waals surface area contributed by atoms with Crippen molar-refractivity contribution in [1.29, 1.82) is 0 Å². The van der Waals surface area contributed by atoms with Crippen molar-refractivity contribution in [3.05, 3.63) is 23.4 Å². The highest BCUT2D eigenvalue weighted by Gasteiger charge is 2.25. The van der Waals surface area contributed by atoms with Crippen LogP contribution in [0.25, 0.3) is 0 Å². The van der Waals surface area contributed by atoms with E-state index in [0.717, 1.165) is 6.54 Å². The van der Waals surface area contributed by atoms with E-state index in [-0.39, 0.29) is 0 Å². The summed E-state index contributed by atoms with van der Waals surface area (Å²) in [5, 5.41) is 0. The van der Waals surface area contributed by atoms with Crippen LogP contribution in [-0.2, 0) is 0 Å².